The first-order chi connectivity index (χ1) is 15.7. The maximum absolute atomic E-state index is 13.7. The zero-order valence-corrected chi connectivity index (χ0v) is 19.0. The van der Waals surface area contributed by atoms with Crippen LogP contribution in [0.1, 0.15) is 44.6 Å². The van der Waals surface area contributed by atoms with E-state index < -0.39 is 42.0 Å². The predicted octanol–water partition coefficient (Wildman–Crippen LogP) is 2.39. The highest BCUT2D eigenvalue weighted by Gasteiger charge is 2.53. The number of aliphatic hydroxyl groups excluding tert-OH is 3. The van der Waals surface area contributed by atoms with Crippen LogP contribution in [0.25, 0.3) is 6.08 Å². The van der Waals surface area contributed by atoms with Crippen LogP contribution in [0.4, 0.5) is 4.39 Å². The third-order valence-corrected chi connectivity index (χ3v) is 6.80. The number of rotatable bonds is 9. The van der Waals surface area contributed by atoms with E-state index in [-0.39, 0.29) is 31.3 Å². The number of hydrogen-bond donors (Lipinski definition) is 4. The number of amides is 2. The van der Waals surface area contributed by atoms with E-state index in [0.29, 0.717) is 23.1 Å². The number of benzene rings is 1. The quantitative estimate of drug-likeness (QED) is 0.331. The topological polar surface area (TPSA) is 118 Å². The molecule has 1 fully saturated rings. The Balaban J connectivity index is 1.83. The molecule has 1 saturated heterocycles. The number of fused-ring (bicyclic) bond motifs is 1. The minimum absolute atomic E-state index is 0.184. The van der Waals surface area contributed by atoms with Crippen LogP contribution >= 0.6 is 0 Å². The molecule has 0 spiro atoms. The number of imide groups is 1. The average molecular weight is 462 g/mol. The number of phenolic OH excluding ortho intramolecular Hbond substituents is 1. The van der Waals surface area contributed by atoms with Crippen LogP contribution in [-0.4, -0.2) is 63.5 Å². The van der Waals surface area contributed by atoms with Crippen molar-refractivity contribution in [3.63, 3.8) is 0 Å². The number of carbonyl (C=O) groups is 2. The monoisotopic (exact) mass is 461 g/mol. The number of hydrogen-bond acceptors (Lipinski definition) is 6. The molecule has 180 valence electrons. The van der Waals surface area contributed by atoms with E-state index in [9.17, 15) is 34.4 Å². The molecule has 1 aliphatic heterocycles. The number of aromatic hydroxyl groups is 1. The van der Waals surface area contributed by atoms with E-state index in [2.05, 4.69) is 0 Å². The summed E-state index contributed by atoms with van der Waals surface area (Å²) in [7, 11) is 1.42. The van der Waals surface area contributed by atoms with Crippen LogP contribution in [0.5, 0.6) is 5.75 Å². The fraction of sp³-hybridized carbons (Fsp3) is 0.520. The number of likely N-dealkylation sites (tertiary alicyclic amines) is 1. The molecule has 0 bridgehead atoms. The summed E-state index contributed by atoms with van der Waals surface area (Å²) in [6.45, 7) is 1.24. The summed E-state index contributed by atoms with van der Waals surface area (Å²) >= 11 is 0. The number of aliphatic hydroxyl groups is 3. The number of allylic oxidation sites excluding steroid dienone is 1. The molecule has 0 aromatic heterocycles. The molecule has 1 aliphatic carbocycles. The predicted molar refractivity (Wildman–Crippen MR) is 120 cm³/mol. The van der Waals surface area contributed by atoms with Crippen molar-refractivity contribution in [2.24, 2.45) is 17.8 Å². The lowest BCUT2D eigenvalue weighted by atomic mass is 9.68. The molecule has 1 heterocycles. The number of halogens is 1. The van der Waals surface area contributed by atoms with E-state index >= 15 is 0 Å². The van der Waals surface area contributed by atoms with Gasteiger partial charge in [-0.15, -0.1) is 0 Å². The van der Waals surface area contributed by atoms with Gasteiger partial charge in [0, 0.05) is 13.0 Å². The number of carbonyl (C=O) groups excluding carboxylic acids is 2. The second kappa shape index (κ2) is 10.6. The van der Waals surface area contributed by atoms with Gasteiger partial charge in [0.15, 0.2) is 11.6 Å². The summed E-state index contributed by atoms with van der Waals surface area (Å²) in [6.07, 6.45) is 3.36. The van der Waals surface area contributed by atoms with Crippen LogP contribution in [0.2, 0.25) is 0 Å². The summed E-state index contributed by atoms with van der Waals surface area (Å²) in [5.41, 5.74) is 2.53. The maximum atomic E-state index is 13.7. The summed E-state index contributed by atoms with van der Waals surface area (Å²) in [5.74, 6) is -3.91. The molecule has 7 nitrogen and oxygen atoms in total. The van der Waals surface area contributed by atoms with Gasteiger partial charge >= 0.3 is 0 Å². The molecule has 2 aliphatic rings. The molecule has 1 aromatic carbocycles. The van der Waals surface area contributed by atoms with Crippen molar-refractivity contribution in [2.75, 3.05) is 20.3 Å². The molecule has 3 rings (SSSR count). The van der Waals surface area contributed by atoms with Gasteiger partial charge in [-0.3, -0.25) is 14.5 Å². The molecule has 2 amide bonds. The molecule has 4 atom stereocenters. The van der Waals surface area contributed by atoms with Crippen LogP contribution in [0, 0.1) is 23.6 Å². The lowest BCUT2D eigenvalue weighted by Gasteiger charge is -2.36. The SMILES string of the molecule is CCC/C(=C\c1ccc(O)c(F)c1)CC[C@@H](O)C1=C(CO)C[C@H]2C(=O)N(C)C(=O)[C@H]2[C@H]1CO. The van der Waals surface area contributed by atoms with Gasteiger partial charge in [-0.05, 0) is 54.5 Å². The summed E-state index contributed by atoms with van der Waals surface area (Å²) in [5, 5.41) is 40.5. The number of phenols is 1. The van der Waals surface area contributed by atoms with E-state index in [1.54, 1.807) is 6.07 Å². The Bertz CT molecular complexity index is 972. The fourth-order valence-corrected chi connectivity index (χ4v) is 5.18. The smallest absolute Gasteiger partial charge is 0.233 e. The average Bonchev–Trinajstić information content (AvgIpc) is 3.02. The molecular weight excluding hydrogens is 429 g/mol. The van der Waals surface area contributed by atoms with Crippen LogP contribution < -0.4 is 0 Å². The maximum Gasteiger partial charge on any atom is 0.233 e. The van der Waals surface area contributed by atoms with Gasteiger partial charge in [0.05, 0.1) is 31.2 Å². The van der Waals surface area contributed by atoms with Crippen molar-refractivity contribution in [3.8, 4) is 5.75 Å². The Morgan fingerprint density at radius 1 is 1.24 bits per heavy atom. The number of nitrogens with zero attached hydrogens (tertiary/aromatic N) is 1. The summed E-state index contributed by atoms with van der Waals surface area (Å²) in [6, 6.07) is 4.15. The van der Waals surface area contributed by atoms with Gasteiger partial charge < -0.3 is 20.4 Å². The standard InChI is InChI=1S/C25H32FNO6/c1-3-4-14(9-15-6-7-20(30)19(26)10-15)5-8-21(31)22-16(12-28)11-17-23(18(22)13-29)25(33)27(2)24(17)32/h6-7,9-10,17-18,21,23,28-31H,3-5,8,11-13H2,1-2H3/b14-9+/t17-,18+,21-,23-/m1/s1. The second-order valence-electron chi connectivity index (χ2n) is 8.90. The van der Waals surface area contributed by atoms with Gasteiger partial charge in [0.25, 0.3) is 0 Å². The first-order valence-corrected chi connectivity index (χ1v) is 11.3. The molecule has 8 heteroatoms. The highest BCUT2D eigenvalue weighted by Crippen LogP contribution is 2.45. The molecular formula is C25H32FNO6. The van der Waals surface area contributed by atoms with Crippen LogP contribution in [0.15, 0.2) is 34.9 Å². The molecule has 0 radical (unpaired) electrons. The van der Waals surface area contributed by atoms with Gasteiger partial charge in [0.1, 0.15) is 0 Å². The van der Waals surface area contributed by atoms with Gasteiger partial charge in [0.2, 0.25) is 11.8 Å². The minimum Gasteiger partial charge on any atom is -0.505 e. The largest absolute Gasteiger partial charge is 0.505 e. The highest BCUT2D eigenvalue weighted by atomic mass is 19.1. The van der Waals surface area contributed by atoms with Crippen molar-refractivity contribution >= 4 is 17.9 Å². The van der Waals surface area contributed by atoms with E-state index in [4.69, 9.17) is 0 Å². The third-order valence-electron chi connectivity index (χ3n) is 6.80. The van der Waals surface area contributed by atoms with Gasteiger partial charge in [-0.25, -0.2) is 4.39 Å². The van der Waals surface area contributed by atoms with Crippen molar-refractivity contribution < 1.29 is 34.4 Å². The molecule has 1 aromatic rings. The lowest BCUT2D eigenvalue weighted by Crippen LogP contribution is -2.39. The molecule has 0 saturated carbocycles. The lowest BCUT2D eigenvalue weighted by molar-refractivity contribution is -0.138. The summed E-state index contributed by atoms with van der Waals surface area (Å²) in [4.78, 5) is 26.2. The Morgan fingerprint density at radius 2 is 1.97 bits per heavy atom. The molecule has 0 unspecified atom stereocenters. The normalized spacial score (nSPS) is 24.5. The van der Waals surface area contributed by atoms with E-state index in [1.165, 1.54) is 19.2 Å². The Labute approximate surface area is 192 Å². The van der Waals surface area contributed by atoms with Gasteiger partial charge in [-0.2, -0.15) is 0 Å². The molecule has 4 N–H and O–H groups in total. The van der Waals surface area contributed by atoms with Crippen LogP contribution in [-0.2, 0) is 9.59 Å². The Morgan fingerprint density at radius 3 is 2.58 bits per heavy atom. The van der Waals surface area contributed by atoms with Crippen LogP contribution in [0.3, 0.4) is 0 Å². The first kappa shape index (κ1) is 25.1. The zero-order valence-electron chi connectivity index (χ0n) is 19.0. The van der Waals surface area contributed by atoms with Gasteiger partial charge in [-0.1, -0.05) is 31.1 Å². The van der Waals surface area contributed by atoms with E-state index in [1.807, 2.05) is 13.0 Å². The second-order valence-corrected chi connectivity index (χ2v) is 8.90. The Hall–Kier alpha value is -2.55. The first-order valence-electron chi connectivity index (χ1n) is 11.3. The van der Waals surface area contributed by atoms with Crippen molar-refractivity contribution in [3.05, 3.63) is 46.3 Å². The summed E-state index contributed by atoms with van der Waals surface area (Å²) < 4.78 is 13.7. The zero-order chi connectivity index (χ0) is 24.3. The highest BCUT2D eigenvalue weighted by molar-refractivity contribution is 6.05. The Kier molecular flexibility index (Phi) is 8.05. The van der Waals surface area contributed by atoms with Crippen molar-refractivity contribution in [2.45, 2.75) is 45.1 Å². The third kappa shape index (κ3) is 5.03. The van der Waals surface area contributed by atoms with E-state index in [0.717, 1.165) is 23.3 Å². The fourth-order valence-electron chi connectivity index (χ4n) is 5.18. The minimum atomic E-state index is -1.00. The van der Waals surface area contributed by atoms with Crippen molar-refractivity contribution in [1.82, 2.24) is 4.90 Å². The van der Waals surface area contributed by atoms with Crippen molar-refractivity contribution in [1.29, 1.82) is 0 Å². The molecule has 33 heavy (non-hydrogen) atoms.